The Balaban J connectivity index is 1.40. The van der Waals surface area contributed by atoms with E-state index in [0.29, 0.717) is 51.6 Å². The molecule has 2 aromatic rings. The molecule has 2 aliphatic heterocycles. The molecular formula is C32H40N4O7. The number of carbonyl (C=O) groups is 5. The summed E-state index contributed by atoms with van der Waals surface area (Å²) in [5.74, 6) is -2.52. The van der Waals surface area contributed by atoms with E-state index in [1.807, 2.05) is 42.5 Å². The van der Waals surface area contributed by atoms with E-state index < -0.39 is 47.9 Å². The van der Waals surface area contributed by atoms with Gasteiger partial charge in [-0.15, -0.1) is 0 Å². The molecule has 4 rings (SSSR count). The molecule has 2 heterocycles. The molecule has 11 heteroatoms. The van der Waals surface area contributed by atoms with Crippen LogP contribution in [0, 0.1) is 0 Å². The molecule has 0 radical (unpaired) electrons. The summed E-state index contributed by atoms with van der Waals surface area (Å²) >= 11 is 0. The van der Waals surface area contributed by atoms with Crippen LogP contribution < -0.4 is 10.6 Å². The van der Waals surface area contributed by atoms with Crippen LogP contribution in [0.3, 0.4) is 0 Å². The van der Waals surface area contributed by atoms with Crippen molar-refractivity contribution in [3.63, 3.8) is 0 Å². The van der Waals surface area contributed by atoms with Crippen LogP contribution in [-0.4, -0.2) is 86.9 Å². The van der Waals surface area contributed by atoms with Crippen LogP contribution in [-0.2, 0) is 36.8 Å². The number of carbonyl (C=O) groups excluding carboxylic acids is 4. The van der Waals surface area contributed by atoms with Gasteiger partial charge in [0.15, 0.2) is 0 Å². The Hall–Kier alpha value is -4.41. The summed E-state index contributed by atoms with van der Waals surface area (Å²) in [6.45, 7) is 1.96. The van der Waals surface area contributed by atoms with E-state index in [4.69, 9.17) is 0 Å². The molecule has 2 saturated heterocycles. The standard InChI is InChI=1S/C32H40N4O7/c1-32(20-23-8-3-2-4-9-23,31(43)33-21-28(39)36-19-7-12-26(36)30(41)42)34-29(40)25-11-6-18-35(25)27(38)13-5-10-22-14-16-24(37)17-15-22/h2-4,8-9,14-17,25-26,37H,5-7,10-13,18-21H2,1H3,(H,33,43)(H,34,40)(H,41,42)/t25-,26-,32?/m0/s1. The quantitative estimate of drug-likeness (QED) is 0.294. The normalized spacial score (nSPS) is 19.5. The lowest BCUT2D eigenvalue weighted by Gasteiger charge is -2.33. The van der Waals surface area contributed by atoms with Gasteiger partial charge in [-0.25, -0.2) is 4.79 Å². The number of aromatic hydroxyl groups is 1. The summed E-state index contributed by atoms with van der Waals surface area (Å²) in [6, 6.07) is 14.4. The molecule has 0 aromatic heterocycles. The SMILES string of the molecule is CC(Cc1ccccc1)(NC(=O)[C@@H]1CCCN1C(=O)CCCc1ccc(O)cc1)C(=O)NCC(=O)N1CCC[C@H]1C(=O)O. The highest BCUT2D eigenvalue weighted by molar-refractivity contribution is 5.96. The van der Waals surface area contributed by atoms with Crippen LogP contribution in [0.15, 0.2) is 54.6 Å². The average molecular weight is 593 g/mol. The Morgan fingerprint density at radius 2 is 1.49 bits per heavy atom. The second-order valence-electron chi connectivity index (χ2n) is 11.5. The van der Waals surface area contributed by atoms with Crippen LogP contribution in [0.1, 0.15) is 56.6 Å². The zero-order chi connectivity index (χ0) is 31.0. The first-order chi connectivity index (χ1) is 20.6. The lowest BCUT2D eigenvalue weighted by atomic mass is 9.91. The van der Waals surface area contributed by atoms with Crippen molar-refractivity contribution in [2.45, 2.75) is 75.9 Å². The Bertz CT molecular complexity index is 1320. The molecule has 0 bridgehead atoms. The van der Waals surface area contributed by atoms with E-state index in [1.165, 1.54) is 4.90 Å². The number of hydrogen-bond acceptors (Lipinski definition) is 6. The zero-order valence-electron chi connectivity index (χ0n) is 24.5. The second-order valence-corrected chi connectivity index (χ2v) is 11.5. The highest BCUT2D eigenvalue weighted by atomic mass is 16.4. The molecule has 0 saturated carbocycles. The second kappa shape index (κ2) is 14.2. The molecule has 2 fully saturated rings. The Kier molecular flexibility index (Phi) is 10.4. The van der Waals surface area contributed by atoms with Gasteiger partial charge in [0.25, 0.3) is 0 Å². The summed E-state index contributed by atoms with van der Waals surface area (Å²) in [5, 5.41) is 24.4. The number of amides is 4. The third-order valence-corrected chi connectivity index (χ3v) is 8.23. The maximum Gasteiger partial charge on any atom is 0.326 e. The number of likely N-dealkylation sites (tertiary alicyclic amines) is 2. The van der Waals surface area contributed by atoms with E-state index in [1.54, 1.807) is 24.0 Å². The van der Waals surface area contributed by atoms with E-state index in [2.05, 4.69) is 10.6 Å². The number of benzene rings is 2. The van der Waals surface area contributed by atoms with Gasteiger partial charge in [0.05, 0.1) is 6.54 Å². The molecule has 0 spiro atoms. The first-order valence-electron chi connectivity index (χ1n) is 14.8. The Morgan fingerprint density at radius 1 is 0.860 bits per heavy atom. The highest BCUT2D eigenvalue weighted by Crippen LogP contribution is 2.23. The van der Waals surface area contributed by atoms with Gasteiger partial charge in [0.2, 0.25) is 23.6 Å². The van der Waals surface area contributed by atoms with Crippen molar-refractivity contribution in [2.75, 3.05) is 19.6 Å². The minimum absolute atomic E-state index is 0.130. The number of rotatable bonds is 12. The van der Waals surface area contributed by atoms with Gasteiger partial charge in [0.1, 0.15) is 23.4 Å². The fraction of sp³-hybridized carbons (Fsp3) is 0.469. The van der Waals surface area contributed by atoms with Crippen LogP contribution in [0.4, 0.5) is 0 Å². The van der Waals surface area contributed by atoms with Crippen molar-refractivity contribution in [1.82, 2.24) is 20.4 Å². The summed E-state index contributed by atoms with van der Waals surface area (Å²) < 4.78 is 0. The van der Waals surface area contributed by atoms with Gasteiger partial charge < -0.3 is 30.6 Å². The van der Waals surface area contributed by atoms with Gasteiger partial charge in [-0.2, -0.15) is 0 Å². The van der Waals surface area contributed by atoms with Crippen LogP contribution >= 0.6 is 0 Å². The third kappa shape index (κ3) is 8.12. The lowest BCUT2D eigenvalue weighted by Crippen LogP contribution is -2.62. The van der Waals surface area contributed by atoms with E-state index in [-0.39, 0.29) is 24.5 Å². The van der Waals surface area contributed by atoms with Crippen molar-refractivity contribution in [2.24, 2.45) is 0 Å². The number of phenolic OH excluding ortho intramolecular Hbond substituents is 1. The van der Waals surface area contributed by atoms with E-state index >= 15 is 0 Å². The minimum Gasteiger partial charge on any atom is -0.508 e. The fourth-order valence-corrected chi connectivity index (χ4v) is 5.90. The highest BCUT2D eigenvalue weighted by Gasteiger charge is 2.41. The Labute approximate surface area is 251 Å². The third-order valence-electron chi connectivity index (χ3n) is 8.23. The number of hydrogen-bond donors (Lipinski definition) is 4. The number of aryl methyl sites for hydroxylation is 1. The molecule has 230 valence electrons. The van der Waals surface area contributed by atoms with Gasteiger partial charge in [-0.05, 0) is 68.7 Å². The summed E-state index contributed by atoms with van der Waals surface area (Å²) in [5.41, 5.74) is 0.364. The number of nitrogens with zero attached hydrogens (tertiary/aromatic N) is 2. The van der Waals surface area contributed by atoms with Gasteiger partial charge in [-0.3, -0.25) is 19.2 Å². The topological polar surface area (TPSA) is 156 Å². The molecule has 43 heavy (non-hydrogen) atoms. The average Bonchev–Trinajstić information content (AvgIpc) is 3.68. The predicted octanol–water partition coefficient (Wildman–Crippen LogP) is 2.02. The molecular weight excluding hydrogens is 552 g/mol. The molecule has 2 aliphatic rings. The Morgan fingerprint density at radius 3 is 2.14 bits per heavy atom. The number of phenols is 1. The maximum absolute atomic E-state index is 13.6. The fourth-order valence-electron chi connectivity index (χ4n) is 5.90. The maximum atomic E-state index is 13.6. The van der Waals surface area contributed by atoms with Crippen LogP contribution in [0.2, 0.25) is 0 Å². The molecule has 11 nitrogen and oxygen atoms in total. The molecule has 1 unspecified atom stereocenters. The first-order valence-corrected chi connectivity index (χ1v) is 14.8. The van der Waals surface area contributed by atoms with Crippen LogP contribution in [0.25, 0.3) is 0 Å². The number of carboxylic acid groups (broad SMARTS) is 1. The molecule has 4 amide bonds. The molecule has 2 aromatic carbocycles. The van der Waals surface area contributed by atoms with Crippen molar-refractivity contribution in [3.8, 4) is 5.75 Å². The van der Waals surface area contributed by atoms with E-state index in [9.17, 15) is 34.2 Å². The summed E-state index contributed by atoms with van der Waals surface area (Å²) in [7, 11) is 0. The smallest absolute Gasteiger partial charge is 0.326 e. The van der Waals surface area contributed by atoms with Crippen molar-refractivity contribution < 1.29 is 34.2 Å². The van der Waals surface area contributed by atoms with Crippen LogP contribution in [0.5, 0.6) is 5.75 Å². The van der Waals surface area contributed by atoms with E-state index in [0.717, 1.165) is 11.1 Å². The monoisotopic (exact) mass is 592 g/mol. The summed E-state index contributed by atoms with van der Waals surface area (Å²) in [6.07, 6.45) is 3.75. The van der Waals surface area contributed by atoms with Crippen molar-refractivity contribution in [3.05, 3.63) is 65.7 Å². The lowest BCUT2D eigenvalue weighted by molar-refractivity contribution is -0.148. The number of aliphatic carboxylic acids is 1. The molecule has 0 aliphatic carbocycles. The van der Waals surface area contributed by atoms with Gasteiger partial charge in [-0.1, -0.05) is 42.5 Å². The van der Waals surface area contributed by atoms with Crippen molar-refractivity contribution in [1.29, 1.82) is 0 Å². The van der Waals surface area contributed by atoms with Gasteiger partial charge >= 0.3 is 5.97 Å². The number of carboxylic acids is 1. The van der Waals surface area contributed by atoms with Gasteiger partial charge in [0, 0.05) is 25.9 Å². The summed E-state index contributed by atoms with van der Waals surface area (Å²) in [4.78, 5) is 67.4. The zero-order valence-corrected chi connectivity index (χ0v) is 24.5. The predicted molar refractivity (Wildman–Crippen MR) is 158 cm³/mol. The van der Waals surface area contributed by atoms with Crippen molar-refractivity contribution >= 4 is 29.6 Å². The minimum atomic E-state index is -1.44. The molecule has 4 N–H and O–H groups in total. The molecule has 3 atom stereocenters. The number of nitrogens with one attached hydrogen (secondary N) is 2. The first kappa shape index (κ1) is 31.5. The largest absolute Gasteiger partial charge is 0.508 e.